The number of pyridine rings is 1. The molecule has 0 bridgehead atoms. The standard InChI is InChI=1S/C17H22BrN5O3/c1-11(25-2)16-21-15(26-22-16)10-23-7-5-12(6-8-23)17(24)20-14-4-3-13(18)9-19-14/h3-4,9,11-12H,5-8,10H2,1-2H3,(H,19,20,24)/t11-/m1/s1. The SMILES string of the molecule is CO[C@H](C)c1noc(CN2CCC(C(=O)Nc3ccc(Br)cn3)CC2)n1. The molecule has 1 N–H and O–H groups in total. The summed E-state index contributed by atoms with van der Waals surface area (Å²) in [7, 11) is 1.61. The molecular weight excluding hydrogens is 402 g/mol. The first kappa shape index (κ1) is 18.9. The van der Waals surface area contributed by atoms with Gasteiger partial charge in [-0.25, -0.2) is 4.98 Å². The maximum Gasteiger partial charge on any atom is 0.240 e. The van der Waals surface area contributed by atoms with Crippen molar-refractivity contribution in [3.05, 3.63) is 34.5 Å². The summed E-state index contributed by atoms with van der Waals surface area (Å²) in [6.45, 7) is 4.08. The maximum atomic E-state index is 12.4. The van der Waals surface area contributed by atoms with Crippen LogP contribution < -0.4 is 5.32 Å². The number of rotatable bonds is 6. The van der Waals surface area contributed by atoms with E-state index in [9.17, 15) is 4.79 Å². The average Bonchev–Trinajstić information content (AvgIpc) is 3.12. The summed E-state index contributed by atoms with van der Waals surface area (Å²) in [5.41, 5.74) is 0. The predicted molar refractivity (Wildman–Crippen MR) is 98.3 cm³/mol. The molecule has 1 aliphatic rings. The lowest BCUT2D eigenvalue weighted by Gasteiger charge is -2.30. The Morgan fingerprint density at radius 2 is 2.23 bits per heavy atom. The number of ether oxygens (including phenoxy) is 1. The highest BCUT2D eigenvalue weighted by atomic mass is 79.9. The summed E-state index contributed by atoms with van der Waals surface area (Å²) in [5.74, 6) is 1.72. The summed E-state index contributed by atoms with van der Waals surface area (Å²) in [5, 5.41) is 6.82. The molecule has 1 amide bonds. The Kier molecular flexibility index (Phi) is 6.33. The zero-order chi connectivity index (χ0) is 18.5. The average molecular weight is 424 g/mol. The lowest BCUT2D eigenvalue weighted by Crippen LogP contribution is -2.37. The van der Waals surface area contributed by atoms with Crippen molar-refractivity contribution >= 4 is 27.7 Å². The molecule has 2 aromatic heterocycles. The fourth-order valence-corrected chi connectivity index (χ4v) is 3.06. The highest BCUT2D eigenvalue weighted by molar-refractivity contribution is 9.10. The van der Waals surface area contributed by atoms with Crippen LogP contribution in [0.4, 0.5) is 5.82 Å². The van der Waals surface area contributed by atoms with Crippen LogP contribution in [-0.4, -0.2) is 46.1 Å². The fourth-order valence-electron chi connectivity index (χ4n) is 2.83. The van der Waals surface area contributed by atoms with Crippen LogP contribution in [0.25, 0.3) is 0 Å². The van der Waals surface area contributed by atoms with E-state index in [0.29, 0.717) is 24.1 Å². The van der Waals surface area contributed by atoms with Crippen molar-refractivity contribution < 1.29 is 14.1 Å². The molecule has 9 heteroatoms. The number of carbonyl (C=O) groups is 1. The van der Waals surface area contributed by atoms with Crippen molar-refractivity contribution in [2.75, 3.05) is 25.5 Å². The van der Waals surface area contributed by atoms with Crippen LogP contribution in [0.5, 0.6) is 0 Å². The molecular formula is C17H22BrN5O3. The molecule has 3 heterocycles. The largest absolute Gasteiger partial charge is 0.374 e. The number of nitrogens with one attached hydrogen (secondary N) is 1. The van der Waals surface area contributed by atoms with Crippen molar-refractivity contribution in [1.29, 1.82) is 0 Å². The van der Waals surface area contributed by atoms with Crippen LogP contribution in [0.2, 0.25) is 0 Å². The maximum absolute atomic E-state index is 12.4. The molecule has 1 aliphatic heterocycles. The number of aromatic nitrogens is 3. The van der Waals surface area contributed by atoms with Crippen molar-refractivity contribution in [2.24, 2.45) is 5.92 Å². The molecule has 2 aromatic rings. The van der Waals surface area contributed by atoms with Gasteiger partial charge >= 0.3 is 0 Å². The van der Waals surface area contributed by atoms with Crippen molar-refractivity contribution in [3.63, 3.8) is 0 Å². The molecule has 3 rings (SSSR count). The van der Waals surface area contributed by atoms with Gasteiger partial charge in [-0.05, 0) is 60.9 Å². The second kappa shape index (κ2) is 8.70. The van der Waals surface area contributed by atoms with E-state index in [4.69, 9.17) is 9.26 Å². The molecule has 0 radical (unpaired) electrons. The first-order valence-corrected chi connectivity index (χ1v) is 9.34. The molecule has 140 valence electrons. The van der Waals surface area contributed by atoms with Gasteiger partial charge in [0.25, 0.3) is 0 Å². The quantitative estimate of drug-likeness (QED) is 0.762. The van der Waals surface area contributed by atoms with Gasteiger partial charge < -0.3 is 14.6 Å². The van der Waals surface area contributed by atoms with E-state index in [1.54, 1.807) is 19.4 Å². The van der Waals surface area contributed by atoms with E-state index < -0.39 is 0 Å². The lowest BCUT2D eigenvalue weighted by molar-refractivity contribution is -0.121. The monoisotopic (exact) mass is 423 g/mol. The van der Waals surface area contributed by atoms with Crippen molar-refractivity contribution in [1.82, 2.24) is 20.0 Å². The number of piperidine rings is 1. The number of likely N-dealkylation sites (tertiary alicyclic amines) is 1. The molecule has 0 aliphatic carbocycles. The van der Waals surface area contributed by atoms with Gasteiger partial charge in [-0.2, -0.15) is 4.98 Å². The summed E-state index contributed by atoms with van der Waals surface area (Å²) in [6, 6.07) is 3.64. The first-order chi connectivity index (χ1) is 12.5. The second-order valence-corrected chi connectivity index (χ2v) is 7.24. The normalized spacial score (nSPS) is 17.2. The van der Waals surface area contributed by atoms with Crippen LogP contribution in [0.3, 0.4) is 0 Å². The van der Waals surface area contributed by atoms with Gasteiger partial charge in [0, 0.05) is 23.7 Å². The van der Waals surface area contributed by atoms with Gasteiger partial charge in [0.2, 0.25) is 11.8 Å². The Morgan fingerprint density at radius 1 is 1.46 bits per heavy atom. The van der Waals surface area contributed by atoms with E-state index in [1.807, 2.05) is 13.0 Å². The van der Waals surface area contributed by atoms with E-state index in [2.05, 4.69) is 41.3 Å². The number of hydrogen-bond acceptors (Lipinski definition) is 7. The van der Waals surface area contributed by atoms with Crippen LogP contribution in [0.15, 0.2) is 27.3 Å². The predicted octanol–water partition coefficient (Wildman–Crippen LogP) is 2.79. The minimum atomic E-state index is -0.186. The third-order valence-corrected chi connectivity index (χ3v) is 4.97. The molecule has 1 saturated heterocycles. The minimum Gasteiger partial charge on any atom is -0.374 e. The van der Waals surface area contributed by atoms with Crippen LogP contribution in [0.1, 0.15) is 37.6 Å². The van der Waals surface area contributed by atoms with Gasteiger partial charge in [0.15, 0.2) is 5.82 Å². The van der Waals surface area contributed by atoms with Gasteiger partial charge in [0.1, 0.15) is 11.9 Å². The highest BCUT2D eigenvalue weighted by Crippen LogP contribution is 2.21. The molecule has 0 aromatic carbocycles. The molecule has 0 unspecified atom stereocenters. The Bertz CT molecular complexity index is 728. The summed E-state index contributed by atoms with van der Waals surface area (Å²) >= 11 is 3.33. The van der Waals surface area contributed by atoms with E-state index >= 15 is 0 Å². The number of hydrogen-bond donors (Lipinski definition) is 1. The zero-order valence-corrected chi connectivity index (χ0v) is 16.4. The summed E-state index contributed by atoms with van der Waals surface area (Å²) in [6.07, 6.45) is 3.06. The Hall–Kier alpha value is -1.84. The lowest BCUT2D eigenvalue weighted by atomic mass is 9.96. The summed E-state index contributed by atoms with van der Waals surface area (Å²) < 4.78 is 11.3. The highest BCUT2D eigenvalue weighted by Gasteiger charge is 2.26. The van der Waals surface area contributed by atoms with E-state index in [0.717, 1.165) is 30.4 Å². The third-order valence-electron chi connectivity index (χ3n) is 4.50. The van der Waals surface area contributed by atoms with Gasteiger partial charge in [0.05, 0.1) is 6.54 Å². The molecule has 1 atom stereocenters. The number of nitrogens with zero attached hydrogens (tertiary/aromatic N) is 4. The van der Waals surface area contributed by atoms with Crippen LogP contribution in [0, 0.1) is 5.92 Å². The zero-order valence-electron chi connectivity index (χ0n) is 14.8. The first-order valence-electron chi connectivity index (χ1n) is 8.55. The van der Waals surface area contributed by atoms with Gasteiger partial charge in [-0.15, -0.1) is 0 Å². The number of halogens is 1. The van der Waals surface area contributed by atoms with Crippen LogP contribution in [-0.2, 0) is 16.1 Å². The minimum absolute atomic E-state index is 0.0107. The molecule has 1 fully saturated rings. The molecule has 8 nitrogen and oxygen atoms in total. The van der Waals surface area contributed by atoms with Crippen molar-refractivity contribution in [3.8, 4) is 0 Å². The van der Waals surface area contributed by atoms with Gasteiger partial charge in [-0.1, -0.05) is 5.16 Å². The number of carbonyl (C=O) groups excluding carboxylic acids is 1. The number of methoxy groups -OCH3 is 1. The second-order valence-electron chi connectivity index (χ2n) is 6.33. The van der Waals surface area contributed by atoms with E-state index in [1.165, 1.54) is 0 Å². The molecule has 0 saturated carbocycles. The Morgan fingerprint density at radius 3 is 2.88 bits per heavy atom. The van der Waals surface area contributed by atoms with Crippen LogP contribution >= 0.6 is 15.9 Å². The number of amides is 1. The fraction of sp³-hybridized carbons (Fsp3) is 0.529. The molecule has 0 spiro atoms. The van der Waals surface area contributed by atoms with Crippen molar-refractivity contribution in [2.45, 2.75) is 32.4 Å². The Labute approximate surface area is 160 Å². The van der Waals surface area contributed by atoms with Gasteiger partial charge in [-0.3, -0.25) is 9.69 Å². The Balaban J connectivity index is 1.47. The molecule has 26 heavy (non-hydrogen) atoms. The summed E-state index contributed by atoms with van der Waals surface area (Å²) in [4.78, 5) is 23.1. The third kappa shape index (κ3) is 4.87. The smallest absolute Gasteiger partial charge is 0.240 e. The topological polar surface area (TPSA) is 93.4 Å². The van der Waals surface area contributed by atoms with E-state index in [-0.39, 0.29) is 17.9 Å². The number of anilines is 1.